The molecule has 0 bridgehead atoms. The van der Waals surface area contributed by atoms with Crippen molar-refractivity contribution in [1.82, 2.24) is 0 Å². The van der Waals surface area contributed by atoms with E-state index in [-0.39, 0.29) is 5.97 Å². The van der Waals surface area contributed by atoms with Crippen LogP contribution in [0.1, 0.15) is 75.2 Å². The largest absolute Gasteiger partial charge is 0.423 e. The van der Waals surface area contributed by atoms with Gasteiger partial charge in [-0.05, 0) is 37.8 Å². The Morgan fingerprint density at radius 1 is 1.29 bits per heavy atom. The lowest BCUT2D eigenvalue weighted by Crippen LogP contribution is -2.06. The predicted octanol–water partition coefficient (Wildman–Crippen LogP) is 6.44. The van der Waals surface area contributed by atoms with Crippen LogP contribution < -0.4 is 0 Å². The van der Waals surface area contributed by atoms with E-state index in [9.17, 15) is 4.79 Å². The molecular formula is C19H36O2. The van der Waals surface area contributed by atoms with Crippen molar-refractivity contribution in [1.29, 1.82) is 0 Å². The standard InChI is InChI=1S/C12H16O2.C3H8.2C2H6/c1-4-5-12(13)14-11-7-6-9(2)8-10(11)3;1-3-2;2*1-2/h4-5,7-9H,6H2,1-3H3;3H2,1-2H3;2*1-2H3/b5-4-;;;. The first kappa shape index (κ1) is 24.7. The number of ether oxygens (including phenoxy) is 1. The van der Waals surface area contributed by atoms with Crippen LogP contribution in [0.2, 0.25) is 0 Å². The number of hydrogen-bond donors (Lipinski definition) is 0. The Bertz CT molecular complexity index is 322. The van der Waals surface area contributed by atoms with E-state index in [0.29, 0.717) is 11.7 Å². The van der Waals surface area contributed by atoms with Crippen molar-refractivity contribution in [3.8, 4) is 0 Å². The maximum atomic E-state index is 11.2. The number of rotatable bonds is 2. The quantitative estimate of drug-likeness (QED) is 0.432. The minimum Gasteiger partial charge on any atom is -0.423 e. The van der Waals surface area contributed by atoms with Gasteiger partial charge in [-0.2, -0.15) is 0 Å². The smallest absolute Gasteiger partial charge is 0.335 e. The number of carbonyl (C=O) groups is 1. The first-order valence-corrected chi connectivity index (χ1v) is 8.28. The molecule has 0 N–H and O–H groups in total. The van der Waals surface area contributed by atoms with Crippen LogP contribution in [0, 0.1) is 5.92 Å². The molecule has 1 aliphatic carbocycles. The van der Waals surface area contributed by atoms with Gasteiger partial charge in [-0.3, -0.25) is 0 Å². The Morgan fingerprint density at radius 3 is 2.14 bits per heavy atom. The summed E-state index contributed by atoms with van der Waals surface area (Å²) in [4.78, 5) is 11.2. The van der Waals surface area contributed by atoms with Crippen molar-refractivity contribution >= 4 is 5.97 Å². The molecule has 0 heterocycles. The molecule has 2 heteroatoms. The Kier molecular flexibility index (Phi) is 22.0. The van der Waals surface area contributed by atoms with Gasteiger partial charge in [-0.15, -0.1) is 0 Å². The number of allylic oxidation sites excluding steroid dienone is 4. The third kappa shape index (κ3) is 14.9. The van der Waals surface area contributed by atoms with Crippen LogP contribution in [0.3, 0.4) is 0 Å². The highest BCUT2D eigenvalue weighted by atomic mass is 16.5. The van der Waals surface area contributed by atoms with Gasteiger partial charge in [-0.1, -0.05) is 67.0 Å². The Morgan fingerprint density at radius 2 is 1.76 bits per heavy atom. The lowest BCUT2D eigenvalue weighted by Gasteiger charge is -2.15. The fraction of sp³-hybridized carbons (Fsp3) is 0.632. The number of hydrogen-bond acceptors (Lipinski definition) is 2. The van der Waals surface area contributed by atoms with Gasteiger partial charge in [0.15, 0.2) is 0 Å². The highest BCUT2D eigenvalue weighted by Gasteiger charge is 2.12. The maximum absolute atomic E-state index is 11.2. The summed E-state index contributed by atoms with van der Waals surface area (Å²) in [6, 6.07) is 0. The van der Waals surface area contributed by atoms with Crippen molar-refractivity contribution in [2.24, 2.45) is 5.92 Å². The Hall–Kier alpha value is -1.31. The van der Waals surface area contributed by atoms with Crippen LogP contribution >= 0.6 is 0 Å². The topological polar surface area (TPSA) is 26.3 Å². The highest BCUT2D eigenvalue weighted by molar-refractivity contribution is 5.83. The molecule has 1 unspecified atom stereocenters. The second kappa shape index (κ2) is 18.7. The van der Waals surface area contributed by atoms with Gasteiger partial charge in [0.25, 0.3) is 0 Å². The molecule has 0 aromatic heterocycles. The molecule has 124 valence electrons. The van der Waals surface area contributed by atoms with Crippen molar-refractivity contribution < 1.29 is 9.53 Å². The fourth-order valence-corrected chi connectivity index (χ4v) is 1.43. The first-order valence-electron chi connectivity index (χ1n) is 8.28. The molecule has 0 fully saturated rings. The van der Waals surface area contributed by atoms with Crippen LogP contribution in [0.15, 0.2) is 35.6 Å². The summed E-state index contributed by atoms with van der Waals surface area (Å²) in [6.45, 7) is 18.1. The predicted molar refractivity (Wildman–Crippen MR) is 95.2 cm³/mol. The third-order valence-electron chi connectivity index (χ3n) is 2.11. The second-order valence-electron chi connectivity index (χ2n) is 4.26. The molecule has 1 rings (SSSR count). The van der Waals surface area contributed by atoms with Crippen LogP contribution in [-0.2, 0) is 9.53 Å². The summed E-state index contributed by atoms with van der Waals surface area (Å²) in [6.07, 6.45) is 9.38. The summed E-state index contributed by atoms with van der Waals surface area (Å²) >= 11 is 0. The molecule has 0 amide bonds. The molecule has 0 saturated carbocycles. The van der Waals surface area contributed by atoms with E-state index >= 15 is 0 Å². The average molecular weight is 296 g/mol. The Balaban J connectivity index is -0.000000399. The third-order valence-corrected chi connectivity index (χ3v) is 2.11. The highest BCUT2D eigenvalue weighted by Crippen LogP contribution is 2.23. The lowest BCUT2D eigenvalue weighted by atomic mass is 9.97. The number of carbonyl (C=O) groups excluding carboxylic acids is 1. The minimum absolute atomic E-state index is 0.305. The van der Waals surface area contributed by atoms with Crippen molar-refractivity contribution in [3.05, 3.63) is 35.6 Å². The minimum atomic E-state index is -0.305. The van der Waals surface area contributed by atoms with Crippen LogP contribution in [0.5, 0.6) is 0 Å². The normalized spacial score (nSPS) is 16.0. The summed E-state index contributed by atoms with van der Waals surface area (Å²) in [7, 11) is 0. The second-order valence-corrected chi connectivity index (χ2v) is 4.26. The number of esters is 1. The Labute approximate surface area is 133 Å². The molecule has 1 atom stereocenters. The monoisotopic (exact) mass is 296 g/mol. The molecule has 0 aromatic rings. The van der Waals surface area contributed by atoms with Gasteiger partial charge in [-0.25, -0.2) is 4.79 Å². The van der Waals surface area contributed by atoms with E-state index in [0.717, 1.165) is 12.0 Å². The van der Waals surface area contributed by atoms with Gasteiger partial charge < -0.3 is 4.74 Å². The van der Waals surface area contributed by atoms with E-state index in [4.69, 9.17) is 4.74 Å². The van der Waals surface area contributed by atoms with Crippen molar-refractivity contribution in [2.45, 2.75) is 75.2 Å². The summed E-state index contributed by atoms with van der Waals surface area (Å²) in [5.41, 5.74) is 1.04. The zero-order valence-corrected chi connectivity index (χ0v) is 15.6. The van der Waals surface area contributed by atoms with Crippen molar-refractivity contribution in [3.63, 3.8) is 0 Å². The van der Waals surface area contributed by atoms with Gasteiger partial charge >= 0.3 is 5.97 Å². The lowest BCUT2D eigenvalue weighted by molar-refractivity contribution is -0.133. The van der Waals surface area contributed by atoms with Gasteiger partial charge in [0.2, 0.25) is 0 Å². The van der Waals surface area contributed by atoms with Crippen LogP contribution in [0.25, 0.3) is 0 Å². The summed E-state index contributed by atoms with van der Waals surface area (Å²) in [5.74, 6) is 0.937. The van der Waals surface area contributed by atoms with E-state index in [1.54, 1.807) is 13.0 Å². The van der Waals surface area contributed by atoms with E-state index in [1.165, 1.54) is 12.5 Å². The van der Waals surface area contributed by atoms with Crippen LogP contribution in [-0.4, -0.2) is 5.97 Å². The van der Waals surface area contributed by atoms with Gasteiger partial charge in [0.1, 0.15) is 5.76 Å². The molecular weight excluding hydrogens is 260 g/mol. The molecule has 0 spiro atoms. The van der Waals surface area contributed by atoms with E-state index in [2.05, 4.69) is 26.8 Å². The zero-order valence-electron chi connectivity index (χ0n) is 15.6. The molecule has 1 aliphatic rings. The van der Waals surface area contributed by atoms with Gasteiger partial charge in [0.05, 0.1) is 0 Å². The van der Waals surface area contributed by atoms with Gasteiger partial charge in [0, 0.05) is 6.08 Å². The van der Waals surface area contributed by atoms with E-state index < -0.39 is 0 Å². The molecule has 2 nitrogen and oxygen atoms in total. The maximum Gasteiger partial charge on any atom is 0.335 e. The molecule has 0 saturated heterocycles. The molecule has 0 radical (unpaired) electrons. The first-order chi connectivity index (χ1) is 10.0. The molecule has 21 heavy (non-hydrogen) atoms. The molecule has 0 aromatic carbocycles. The SMILES string of the molecule is C/C=C\C(=O)OC1=CCC(C)C=C1C.CC.CC.CCC. The van der Waals surface area contributed by atoms with Crippen LogP contribution in [0.4, 0.5) is 0 Å². The average Bonchev–Trinajstić information content (AvgIpc) is 2.47. The summed E-state index contributed by atoms with van der Waals surface area (Å²) < 4.78 is 5.16. The zero-order chi connectivity index (χ0) is 17.3. The van der Waals surface area contributed by atoms with Crippen molar-refractivity contribution in [2.75, 3.05) is 0 Å². The van der Waals surface area contributed by atoms with E-state index in [1.807, 2.05) is 40.7 Å². The summed E-state index contributed by atoms with van der Waals surface area (Å²) in [5, 5.41) is 0. The molecule has 0 aliphatic heterocycles. The fourth-order valence-electron chi connectivity index (χ4n) is 1.43.